The zero-order valence-corrected chi connectivity index (χ0v) is 16.7. The summed E-state index contributed by atoms with van der Waals surface area (Å²) in [6.45, 7) is 1.68. The predicted molar refractivity (Wildman–Crippen MR) is 106 cm³/mol. The van der Waals surface area contributed by atoms with Crippen LogP contribution in [0.3, 0.4) is 0 Å². The molecule has 5 nitrogen and oxygen atoms in total. The average molecular weight is 449 g/mol. The van der Waals surface area contributed by atoms with Crippen molar-refractivity contribution in [3.63, 3.8) is 0 Å². The number of aryl methyl sites for hydroxylation is 1. The van der Waals surface area contributed by atoms with E-state index in [-0.39, 0.29) is 29.9 Å². The van der Waals surface area contributed by atoms with Crippen LogP contribution in [0.25, 0.3) is 11.0 Å². The van der Waals surface area contributed by atoms with Crippen molar-refractivity contribution < 1.29 is 14.3 Å². The van der Waals surface area contributed by atoms with Gasteiger partial charge in [0.15, 0.2) is 5.43 Å². The number of benzene rings is 2. The Morgan fingerprint density at radius 1 is 1.26 bits per heavy atom. The SMILES string of the molecule is Cc1cc2oc3c(c(=O)c2cc1Cl)[C@@H](c1cccc(Br)c1)N(CCO)C3=O. The van der Waals surface area contributed by atoms with Crippen molar-refractivity contribution in [3.8, 4) is 0 Å². The quantitative estimate of drug-likeness (QED) is 0.656. The number of rotatable bonds is 3. The van der Waals surface area contributed by atoms with Crippen molar-refractivity contribution in [2.24, 2.45) is 0 Å². The number of nitrogens with zero attached hydrogens (tertiary/aromatic N) is 1. The standard InChI is InChI=1S/C20H15BrClNO4/c1-10-7-15-13(9-14(10)22)18(25)16-17(11-3-2-4-12(21)8-11)23(5-6-24)20(26)19(16)27-15/h2-4,7-9,17,24H,5-6H2,1H3/t17-/m1/s1. The van der Waals surface area contributed by atoms with Gasteiger partial charge >= 0.3 is 0 Å². The summed E-state index contributed by atoms with van der Waals surface area (Å²) < 4.78 is 6.68. The first kappa shape index (κ1) is 18.2. The van der Waals surface area contributed by atoms with Crippen LogP contribution in [-0.2, 0) is 0 Å². The molecule has 0 bridgehead atoms. The lowest BCUT2D eigenvalue weighted by Gasteiger charge is -2.24. The van der Waals surface area contributed by atoms with Gasteiger partial charge in [0.2, 0.25) is 5.76 Å². The van der Waals surface area contributed by atoms with E-state index >= 15 is 0 Å². The molecule has 0 aliphatic carbocycles. The molecule has 0 saturated carbocycles. The van der Waals surface area contributed by atoms with Gasteiger partial charge in [-0.05, 0) is 42.3 Å². The molecule has 1 atom stereocenters. The topological polar surface area (TPSA) is 70.8 Å². The monoisotopic (exact) mass is 447 g/mol. The molecular weight excluding hydrogens is 434 g/mol. The van der Waals surface area contributed by atoms with E-state index in [0.29, 0.717) is 16.0 Å². The number of hydrogen-bond donors (Lipinski definition) is 1. The average Bonchev–Trinajstić information content (AvgIpc) is 2.90. The van der Waals surface area contributed by atoms with Crippen molar-refractivity contribution >= 4 is 44.4 Å². The van der Waals surface area contributed by atoms with Gasteiger partial charge in [0.1, 0.15) is 5.58 Å². The first-order valence-electron chi connectivity index (χ1n) is 8.36. The maximum Gasteiger partial charge on any atom is 0.290 e. The van der Waals surface area contributed by atoms with Gasteiger partial charge in [-0.3, -0.25) is 9.59 Å². The molecular formula is C20H15BrClNO4. The molecule has 0 fully saturated rings. The van der Waals surface area contributed by atoms with Crippen molar-refractivity contribution in [2.45, 2.75) is 13.0 Å². The number of carbonyl (C=O) groups is 1. The summed E-state index contributed by atoms with van der Waals surface area (Å²) >= 11 is 9.62. The highest BCUT2D eigenvalue weighted by molar-refractivity contribution is 9.10. The second-order valence-corrected chi connectivity index (χ2v) is 7.77. The van der Waals surface area contributed by atoms with E-state index in [2.05, 4.69) is 15.9 Å². The lowest BCUT2D eigenvalue weighted by molar-refractivity contribution is 0.0691. The molecule has 2 aromatic carbocycles. The number of β-amino-alcohol motifs (C(OH)–C–C–N with tert-alkyl or cyclic N) is 1. The van der Waals surface area contributed by atoms with Crippen LogP contribution >= 0.6 is 27.5 Å². The molecule has 0 spiro atoms. The van der Waals surface area contributed by atoms with E-state index in [9.17, 15) is 14.7 Å². The predicted octanol–water partition coefficient (Wildman–Crippen LogP) is 4.05. The van der Waals surface area contributed by atoms with Gasteiger partial charge < -0.3 is 14.4 Å². The third-order valence-corrected chi connectivity index (χ3v) is 5.65. The molecule has 7 heteroatoms. The molecule has 0 unspecified atom stereocenters. The van der Waals surface area contributed by atoms with E-state index in [1.54, 1.807) is 19.1 Å². The van der Waals surface area contributed by atoms with E-state index < -0.39 is 11.9 Å². The fourth-order valence-electron chi connectivity index (χ4n) is 3.50. The number of amides is 1. The first-order valence-corrected chi connectivity index (χ1v) is 9.53. The van der Waals surface area contributed by atoms with Crippen LogP contribution in [-0.4, -0.2) is 29.1 Å². The molecule has 1 N–H and O–H groups in total. The van der Waals surface area contributed by atoms with Gasteiger partial charge in [0.05, 0.1) is 23.6 Å². The normalized spacial score (nSPS) is 16.2. The number of aliphatic hydroxyl groups excluding tert-OH is 1. The minimum absolute atomic E-state index is 0.0210. The molecule has 3 aromatic rings. The van der Waals surface area contributed by atoms with Crippen LogP contribution in [0.1, 0.15) is 33.3 Å². The number of halogens is 2. The van der Waals surface area contributed by atoms with Crippen LogP contribution in [0, 0.1) is 6.92 Å². The Morgan fingerprint density at radius 2 is 2.04 bits per heavy atom. The first-order chi connectivity index (χ1) is 12.9. The summed E-state index contributed by atoms with van der Waals surface area (Å²) in [7, 11) is 0. The molecule has 1 aliphatic heterocycles. The number of aliphatic hydroxyl groups is 1. The lowest BCUT2D eigenvalue weighted by atomic mass is 9.98. The minimum atomic E-state index is -0.627. The third-order valence-electron chi connectivity index (χ3n) is 4.75. The van der Waals surface area contributed by atoms with Gasteiger partial charge in [-0.1, -0.05) is 39.7 Å². The van der Waals surface area contributed by atoms with E-state index in [1.165, 1.54) is 4.90 Å². The Balaban J connectivity index is 2.04. The molecule has 0 radical (unpaired) electrons. The molecule has 1 amide bonds. The van der Waals surface area contributed by atoms with Crippen molar-refractivity contribution in [2.75, 3.05) is 13.2 Å². The second-order valence-electron chi connectivity index (χ2n) is 6.45. The highest BCUT2D eigenvalue weighted by Gasteiger charge is 2.42. The molecule has 2 heterocycles. The second kappa shape index (κ2) is 6.78. The molecule has 1 aliphatic rings. The summed E-state index contributed by atoms with van der Waals surface area (Å²) in [6, 6.07) is 10.0. The largest absolute Gasteiger partial charge is 0.450 e. The summed E-state index contributed by atoms with van der Waals surface area (Å²) in [4.78, 5) is 27.7. The molecule has 4 rings (SSSR count). The zero-order valence-electron chi connectivity index (χ0n) is 14.3. The van der Waals surface area contributed by atoms with Crippen LogP contribution < -0.4 is 5.43 Å². The van der Waals surface area contributed by atoms with E-state index in [0.717, 1.165) is 15.6 Å². The molecule has 138 valence electrons. The number of hydrogen-bond acceptors (Lipinski definition) is 4. The van der Waals surface area contributed by atoms with Crippen molar-refractivity contribution in [1.82, 2.24) is 4.90 Å². The van der Waals surface area contributed by atoms with Crippen LogP contribution in [0.5, 0.6) is 0 Å². The zero-order chi connectivity index (χ0) is 19.3. The van der Waals surface area contributed by atoms with Crippen LogP contribution in [0.4, 0.5) is 0 Å². The number of fused-ring (bicyclic) bond motifs is 2. The highest BCUT2D eigenvalue weighted by atomic mass is 79.9. The lowest BCUT2D eigenvalue weighted by Crippen LogP contribution is -2.32. The molecule has 0 saturated heterocycles. The molecule has 27 heavy (non-hydrogen) atoms. The Hall–Kier alpha value is -2.15. The smallest absolute Gasteiger partial charge is 0.290 e. The molecule has 1 aromatic heterocycles. The van der Waals surface area contributed by atoms with E-state index in [4.69, 9.17) is 16.0 Å². The van der Waals surface area contributed by atoms with Gasteiger partial charge in [0, 0.05) is 16.0 Å². The Kier molecular flexibility index (Phi) is 4.58. The minimum Gasteiger partial charge on any atom is -0.450 e. The summed E-state index contributed by atoms with van der Waals surface area (Å²) in [5.41, 5.74) is 1.84. The Morgan fingerprint density at radius 3 is 2.74 bits per heavy atom. The van der Waals surface area contributed by atoms with Gasteiger partial charge in [-0.25, -0.2) is 0 Å². The summed E-state index contributed by atoms with van der Waals surface area (Å²) in [5, 5.41) is 10.2. The Bertz CT molecular complexity index is 1140. The maximum absolute atomic E-state index is 13.3. The van der Waals surface area contributed by atoms with Gasteiger partial charge in [-0.15, -0.1) is 0 Å². The third kappa shape index (κ3) is 2.88. The highest BCUT2D eigenvalue weighted by Crippen LogP contribution is 2.39. The van der Waals surface area contributed by atoms with Crippen LogP contribution in [0.15, 0.2) is 50.1 Å². The van der Waals surface area contributed by atoms with Crippen molar-refractivity contribution in [1.29, 1.82) is 0 Å². The fraction of sp³-hybridized carbons (Fsp3) is 0.200. The van der Waals surface area contributed by atoms with E-state index in [1.807, 2.05) is 24.3 Å². The van der Waals surface area contributed by atoms with Crippen molar-refractivity contribution in [3.05, 3.63) is 78.6 Å². The summed E-state index contributed by atoms with van der Waals surface area (Å²) in [6.07, 6.45) is 0. The maximum atomic E-state index is 13.3. The summed E-state index contributed by atoms with van der Waals surface area (Å²) in [5.74, 6) is -0.386. The van der Waals surface area contributed by atoms with Gasteiger partial charge in [-0.2, -0.15) is 0 Å². The fourth-order valence-corrected chi connectivity index (χ4v) is 4.08. The van der Waals surface area contributed by atoms with Gasteiger partial charge in [0.25, 0.3) is 5.91 Å². The van der Waals surface area contributed by atoms with Crippen LogP contribution in [0.2, 0.25) is 5.02 Å². The Labute approximate surface area is 168 Å². The number of carbonyl (C=O) groups excluding carboxylic acids is 1.